The molecule has 0 spiro atoms. The first-order chi connectivity index (χ1) is 8.00. The number of nitrogens with zero attached hydrogens (tertiary/aromatic N) is 1. The molecule has 1 amide bonds. The highest BCUT2D eigenvalue weighted by atomic mass is 32.2. The molecule has 4 nitrogen and oxygen atoms in total. The molecule has 5 heteroatoms. The number of nitrogens with one attached hydrogen (secondary N) is 1. The van der Waals surface area contributed by atoms with Crippen LogP contribution in [0.25, 0.3) is 0 Å². The van der Waals surface area contributed by atoms with Crippen LogP contribution in [-0.4, -0.2) is 34.4 Å². The van der Waals surface area contributed by atoms with Crippen molar-refractivity contribution >= 4 is 17.7 Å². The third-order valence-corrected chi connectivity index (χ3v) is 3.31. The van der Waals surface area contributed by atoms with Gasteiger partial charge >= 0.3 is 0 Å². The van der Waals surface area contributed by atoms with Crippen molar-refractivity contribution in [3.8, 4) is 0 Å². The molecule has 1 aromatic rings. The zero-order valence-corrected chi connectivity index (χ0v) is 11.2. The lowest BCUT2D eigenvalue weighted by Crippen LogP contribution is -2.40. The second-order valence-corrected chi connectivity index (χ2v) is 4.89. The lowest BCUT2D eigenvalue weighted by atomic mass is 10.0. The Morgan fingerprint density at radius 2 is 2.35 bits per heavy atom. The molecule has 0 aliphatic rings. The van der Waals surface area contributed by atoms with Gasteiger partial charge in [0.1, 0.15) is 5.03 Å². The van der Waals surface area contributed by atoms with E-state index in [9.17, 15) is 9.90 Å². The van der Waals surface area contributed by atoms with Gasteiger partial charge in [-0.2, -0.15) is 0 Å². The Morgan fingerprint density at radius 3 is 2.94 bits per heavy atom. The first-order valence-electron chi connectivity index (χ1n) is 5.50. The number of rotatable bonds is 5. The van der Waals surface area contributed by atoms with Crippen molar-refractivity contribution < 1.29 is 9.90 Å². The molecular weight excluding hydrogens is 236 g/mol. The molecule has 0 radical (unpaired) electrons. The molecule has 0 fully saturated rings. The smallest absolute Gasteiger partial charge is 0.254 e. The molecule has 94 valence electrons. The molecule has 1 unspecified atom stereocenters. The van der Waals surface area contributed by atoms with Crippen molar-refractivity contribution in [3.63, 3.8) is 0 Å². The van der Waals surface area contributed by atoms with Crippen LogP contribution in [0.5, 0.6) is 0 Å². The van der Waals surface area contributed by atoms with E-state index in [4.69, 9.17) is 0 Å². The van der Waals surface area contributed by atoms with Crippen LogP contribution in [0.2, 0.25) is 0 Å². The highest BCUT2D eigenvalue weighted by Crippen LogP contribution is 2.16. The Balaban J connectivity index is 2.70. The van der Waals surface area contributed by atoms with Gasteiger partial charge in [-0.25, -0.2) is 4.98 Å². The molecule has 0 saturated heterocycles. The lowest BCUT2D eigenvalue weighted by Gasteiger charge is -2.21. The van der Waals surface area contributed by atoms with Gasteiger partial charge in [-0.05, 0) is 31.7 Å². The quantitative estimate of drug-likeness (QED) is 0.785. The van der Waals surface area contributed by atoms with Crippen molar-refractivity contribution in [2.75, 3.05) is 12.8 Å². The minimum atomic E-state index is -0.864. The van der Waals surface area contributed by atoms with Crippen LogP contribution in [0.15, 0.2) is 23.4 Å². The van der Waals surface area contributed by atoms with Gasteiger partial charge in [0.05, 0.1) is 11.2 Å². The summed E-state index contributed by atoms with van der Waals surface area (Å²) in [7, 11) is 0. The number of carbonyl (C=O) groups excluding carboxylic acids is 1. The first kappa shape index (κ1) is 14.0. The van der Waals surface area contributed by atoms with Crippen LogP contribution < -0.4 is 5.32 Å². The van der Waals surface area contributed by atoms with E-state index in [1.165, 1.54) is 11.8 Å². The second kappa shape index (κ2) is 6.02. The summed E-state index contributed by atoms with van der Waals surface area (Å²) in [5.74, 6) is -0.198. The van der Waals surface area contributed by atoms with Gasteiger partial charge in [0.15, 0.2) is 0 Å². The molecule has 0 aliphatic carbocycles. The normalized spacial score (nSPS) is 14.1. The van der Waals surface area contributed by atoms with E-state index < -0.39 is 5.60 Å². The number of hydrogen-bond acceptors (Lipinski definition) is 4. The van der Waals surface area contributed by atoms with Crippen LogP contribution >= 0.6 is 11.8 Å². The van der Waals surface area contributed by atoms with E-state index in [1.54, 1.807) is 25.3 Å². The van der Waals surface area contributed by atoms with Gasteiger partial charge in [0.2, 0.25) is 0 Å². The summed E-state index contributed by atoms with van der Waals surface area (Å²) in [6, 6.07) is 3.46. The monoisotopic (exact) mass is 254 g/mol. The van der Waals surface area contributed by atoms with Crippen molar-refractivity contribution in [1.29, 1.82) is 0 Å². The molecule has 0 aliphatic heterocycles. The number of carbonyl (C=O) groups is 1. The van der Waals surface area contributed by atoms with Crippen molar-refractivity contribution in [2.45, 2.75) is 30.9 Å². The summed E-state index contributed by atoms with van der Waals surface area (Å²) in [6.45, 7) is 3.82. The Hall–Kier alpha value is -1.07. The van der Waals surface area contributed by atoms with E-state index in [0.717, 1.165) is 0 Å². The maximum Gasteiger partial charge on any atom is 0.254 e. The average molecular weight is 254 g/mol. The van der Waals surface area contributed by atoms with E-state index in [-0.39, 0.29) is 12.5 Å². The van der Waals surface area contributed by atoms with Crippen molar-refractivity contribution in [2.24, 2.45) is 0 Å². The predicted octanol–water partition coefficient (Wildman–Crippen LogP) is 1.69. The van der Waals surface area contributed by atoms with E-state index in [1.807, 2.05) is 13.2 Å². The molecule has 17 heavy (non-hydrogen) atoms. The molecule has 0 saturated carbocycles. The fourth-order valence-corrected chi connectivity index (χ4v) is 1.76. The fourth-order valence-electron chi connectivity index (χ4n) is 1.22. The highest BCUT2D eigenvalue weighted by Gasteiger charge is 2.19. The standard InChI is InChI=1S/C12H18N2O2S/c1-4-12(2,16)8-14-10(15)9-6-5-7-13-11(9)17-3/h5-7,16H,4,8H2,1-3H3,(H,14,15). The van der Waals surface area contributed by atoms with Gasteiger partial charge in [-0.15, -0.1) is 11.8 Å². The van der Waals surface area contributed by atoms with Crippen LogP contribution in [-0.2, 0) is 0 Å². The largest absolute Gasteiger partial charge is 0.388 e. The molecule has 0 aromatic carbocycles. The molecule has 1 heterocycles. The predicted molar refractivity (Wildman–Crippen MR) is 69.3 cm³/mol. The summed E-state index contributed by atoms with van der Waals surface area (Å²) in [5, 5.41) is 13.2. The Labute approximate surface area is 106 Å². The first-order valence-corrected chi connectivity index (χ1v) is 6.72. The van der Waals surface area contributed by atoms with Crippen LogP contribution in [0.1, 0.15) is 30.6 Å². The maximum absolute atomic E-state index is 11.9. The number of hydrogen-bond donors (Lipinski definition) is 2. The zero-order valence-electron chi connectivity index (χ0n) is 10.4. The van der Waals surface area contributed by atoms with Crippen LogP contribution in [0, 0.1) is 0 Å². The van der Waals surface area contributed by atoms with E-state index in [2.05, 4.69) is 10.3 Å². The summed E-state index contributed by atoms with van der Waals surface area (Å²) < 4.78 is 0. The summed E-state index contributed by atoms with van der Waals surface area (Å²) in [4.78, 5) is 16.0. The maximum atomic E-state index is 11.9. The number of aliphatic hydroxyl groups is 1. The van der Waals surface area contributed by atoms with Crippen LogP contribution in [0.4, 0.5) is 0 Å². The molecule has 2 N–H and O–H groups in total. The lowest BCUT2D eigenvalue weighted by molar-refractivity contribution is 0.0517. The third-order valence-electron chi connectivity index (χ3n) is 2.60. The average Bonchev–Trinajstić information content (AvgIpc) is 2.36. The fraction of sp³-hybridized carbons (Fsp3) is 0.500. The summed E-state index contributed by atoms with van der Waals surface area (Å²) in [6.07, 6.45) is 4.13. The number of aromatic nitrogens is 1. The van der Waals surface area contributed by atoms with Gasteiger partial charge in [-0.1, -0.05) is 6.92 Å². The minimum absolute atomic E-state index is 0.198. The highest BCUT2D eigenvalue weighted by molar-refractivity contribution is 7.98. The number of amides is 1. The van der Waals surface area contributed by atoms with E-state index in [0.29, 0.717) is 17.0 Å². The van der Waals surface area contributed by atoms with Gasteiger partial charge < -0.3 is 10.4 Å². The number of pyridine rings is 1. The molecule has 1 rings (SSSR count). The van der Waals surface area contributed by atoms with Gasteiger partial charge in [-0.3, -0.25) is 4.79 Å². The minimum Gasteiger partial charge on any atom is -0.388 e. The molecule has 0 bridgehead atoms. The second-order valence-electron chi connectivity index (χ2n) is 4.09. The summed E-state index contributed by atoms with van der Waals surface area (Å²) >= 11 is 1.43. The molecule has 1 atom stereocenters. The zero-order chi connectivity index (χ0) is 12.9. The molecule has 1 aromatic heterocycles. The Kier molecular flexibility index (Phi) is 4.96. The van der Waals surface area contributed by atoms with Crippen molar-refractivity contribution in [1.82, 2.24) is 10.3 Å². The summed E-state index contributed by atoms with van der Waals surface area (Å²) in [5.41, 5.74) is -0.316. The Morgan fingerprint density at radius 1 is 1.65 bits per heavy atom. The van der Waals surface area contributed by atoms with Crippen LogP contribution in [0.3, 0.4) is 0 Å². The Bertz CT molecular complexity index is 394. The third kappa shape index (κ3) is 4.02. The SMILES string of the molecule is CCC(C)(O)CNC(=O)c1cccnc1SC. The topological polar surface area (TPSA) is 62.2 Å². The number of thioether (sulfide) groups is 1. The van der Waals surface area contributed by atoms with E-state index >= 15 is 0 Å². The van der Waals surface area contributed by atoms with Crippen molar-refractivity contribution in [3.05, 3.63) is 23.9 Å². The molecular formula is C12H18N2O2S. The van der Waals surface area contributed by atoms with Gasteiger partial charge in [0.25, 0.3) is 5.91 Å². The van der Waals surface area contributed by atoms with Gasteiger partial charge in [0, 0.05) is 12.7 Å².